The molecule has 158 valence electrons. The number of methoxy groups -OCH3 is 1. The second kappa shape index (κ2) is 9.73. The van der Waals surface area contributed by atoms with Crippen LogP contribution in [0.1, 0.15) is 29.6 Å². The molecule has 9 heteroatoms. The second-order valence-electron chi connectivity index (χ2n) is 6.86. The second-order valence-corrected chi connectivity index (χ2v) is 6.86. The Hall–Kier alpha value is -3.62. The smallest absolute Gasteiger partial charge is 0.342 e. The van der Waals surface area contributed by atoms with E-state index in [2.05, 4.69) is 10.2 Å². The molecule has 1 aliphatic rings. The van der Waals surface area contributed by atoms with Crippen molar-refractivity contribution in [1.82, 2.24) is 0 Å². The third-order valence-electron chi connectivity index (χ3n) is 4.82. The van der Waals surface area contributed by atoms with E-state index in [1.165, 1.54) is 38.5 Å². The van der Waals surface area contributed by atoms with Crippen LogP contribution < -0.4 is 15.0 Å². The highest BCUT2D eigenvalue weighted by atomic mass is 16.6. The molecule has 0 radical (unpaired) electrons. The lowest BCUT2D eigenvalue weighted by Gasteiger charge is -2.28. The molecule has 1 saturated heterocycles. The summed E-state index contributed by atoms with van der Waals surface area (Å²) in [6, 6.07) is 11.1. The Morgan fingerprint density at radius 3 is 2.43 bits per heavy atom. The molecule has 0 aliphatic carbocycles. The van der Waals surface area contributed by atoms with Crippen LogP contribution in [-0.2, 0) is 9.53 Å². The maximum atomic E-state index is 12.3. The fraction of sp³-hybridized carbons (Fsp3) is 0.333. The highest BCUT2D eigenvalue weighted by Crippen LogP contribution is 2.25. The number of nitro groups is 1. The molecule has 30 heavy (non-hydrogen) atoms. The molecule has 2 aromatic rings. The number of non-ortho nitro benzene ring substituents is 1. The van der Waals surface area contributed by atoms with Crippen LogP contribution in [0.3, 0.4) is 0 Å². The van der Waals surface area contributed by atoms with Gasteiger partial charge in [0.05, 0.1) is 12.0 Å². The molecule has 1 amide bonds. The third-order valence-corrected chi connectivity index (χ3v) is 4.82. The number of ether oxygens (including phenoxy) is 2. The number of carbonyl (C=O) groups excluding carboxylic acids is 2. The third kappa shape index (κ3) is 5.25. The Morgan fingerprint density at radius 2 is 1.80 bits per heavy atom. The van der Waals surface area contributed by atoms with E-state index in [4.69, 9.17) is 9.47 Å². The number of nitro benzene ring substituents is 1. The van der Waals surface area contributed by atoms with Crippen molar-refractivity contribution in [3.8, 4) is 5.75 Å². The zero-order chi connectivity index (χ0) is 21.5. The van der Waals surface area contributed by atoms with Crippen molar-refractivity contribution in [2.75, 3.05) is 37.0 Å². The molecule has 0 aromatic heterocycles. The zero-order valence-corrected chi connectivity index (χ0v) is 16.6. The lowest BCUT2D eigenvalue weighted by Crippen LogP contribution is -2.29. The molecule has 0 bridgehead atoms. The van der Waals surface area contributed by atoms with Crippen molar-refractivity contribution in [2.24, 2.45) is 0 Å². The van der Waals surface area contributed by atoms with Crippen molar-refractivity contribution >= 4 is 28.9 Å². The van der Waals surface area contributed by atoms with Crippen LogP contribution in [0.2, 0.25) is 0 Å². The minimum atomic E-state index is -0.883. The van der Waals surface area contributed by atoms with E-state index in [0.717, 1.165) is 24.8 Å². The van der Waals surface area contributed by atoms with Gasteiger partial charge in [0.2, 0.25) is 0 Å². The Balaban J connectivity index is 1.56. The Morgan fingerprint density at radius 1 is 1.10 bits per heavy atom. The largest absolute Gasteiger partial charge is 0.496 e. The fourth-order valence-electron chi connectivity index (χ4n) is 3.28. The molecule has 1 heterocycles. The van der Waals surface area contributed by atoms with Gasteiger partial charge in [-0.15, -0.1) is 0 Å². The summed E-state index contributed by atoms with van der Waals surface area (Å²) in [6.45, 7) is 1.53. The van der Waals surface area contributed by atoms with Crippen LogP contribution in [-0.4, -0.2) is 43.6 Å². The molecule has 2 aromatic carbocycles. The number of rotatable bonds is 7. The normalized spacial score (nSPS) is 13.4. The first-order chi connectivity index (χ1) is 14.5. The van der Waals surface area contributed by atoms with Crippen molar-refractivity contribution < 1.29 is 24.0 Å². The van der Waals surface area contributed by atoms with Crippen LogP contribution in [0.25, 0.3) is 0 Å². The predicted octanol–water partition coefficient (Wildman–Crippen LogP) is 3.39. The Kier molecular flexibility index (Phi) is 6.84. The number of hydrogen-bond donors (Lipinski definition) is 1. The maximum Gasteiger partial charge on any atom is 0.342 e. The van der Waals surface area contributed by atoms with Crippen LogP contribution in [0.4, 0.5) is 17.1 Å². The zero-order valence-electron chi connectivity index (χ0n) is 16.6. The van der Waals surface area contributed by atoms with Crippen LogP contribution in [0.15, 0.2) is 42.5 Å². The van der Waals surface area contributed by atoms with Crippen LogP contribution in [0.5, 0.6) is 5.75 Å². The SMILES string of the molecule is COc1ccc([N+](=O)[O-])cc1C(=O)OCC(=O)Nc1ccc(N2CCCCC2)cc1. The summed E-state index contributed by atoms with van der Waals surface area (Å²) in [7, 11) is 1.33. The molecule has 0 spiro atoms. The van der Waals surface area contributed by atoms with Crippen molar-refractivity contribution in [2.45, 2.75) is 19.3 Å². The molecular weight excluding hydrogens is 390 g/mol. The van der Waals surface area contributed by atoms with Gasteiger partial charge in [-0.1, -0.05) is 0 Å². The molecule has 1 fully saturated rings. The van der Waals surface area contributed by atoms with Crippen molar-refractivity contribution in [3.05, 3.63) is 58.1 Å². The van der Waals surface area contributed by atoms with Gasteiger partial charge in [-0.05, 0) is 49.6 Å². The van der Waals surface area contributed by atoms with Gasteiger partial charge in [0.1, 0.15) is 11.3 Å². The summed E-state index contributed by atoms with van der Waals surface area (Å²) in [6.07, 6.45) is 3.62. The van der Waals surface area contributed by atoms with Gasteiger partial charge in [-0.3, -0.25) is 14.9 Å². The monoisotopic (exact) mass is 413 g/mol. The van der Waals surface area contributed by atoms with Crippen molar-refractivity contribution in [3.63, 3.8) is 0 Å². The van der Waals surface area contributed by atoms with Gasteiger partial charge in [0, 0.05) is 36.6 Å². The molecule has 1 aliphatic heterocycles. The molecule has 0 atom stereocenters. The number of benzene rings is 2. The summed E-state index contributed by atoms with van der Waals surface area (Å²) in [5, 5.41) is 13.6. The summed E-state index contributed by atoms with van der Waals surface area (Å²) in [5.41, 5.74) is 1.30. The van der Waals surface area contributed by atoms with E-state index >= 15 is 0 Å². The van der Waals surface area contributed by atoms with E-state index < -0.39 is 23.4 Å². The number of anilines is 2. The number of piperidine rings is 1. The quantitative estimate of drug-likeness (QED) is 0.421. The Bertz CT molecular complexity index is 923. The summed E-state index contributed by atoms with van der Waals surface area (Å²) in [5.74, 6) is -1.27. The van der Waals surface area contributed by atoms with Gasteiger partial charge >= 0.3 is 5.97 Å². The van der Waals surface area contributed by atoms with Gasteiger partial charge in [-0.2, -0.15) is 0 Å². The fourth-order valence-corrected chi connectivity index (χ4v) is 3.28. The first-order valence-corrected chi connectivity index (χ1v) is 9.62. The predicted molar refractivity (Wildman–Crippen MR) is 111 cm³/mol. The van der Waals surface area contributed by atoms with Gasteiger partial charge < -0.3 is 19.7 Å². The van der Waals surface area contributed by atoms with Gasteiger partial charge in [-0.25, -0.2) is 4.79 Å². The minimum Gasteiger partial charge on any atom is -0.496 e. The standard InChI is InChI=1S/C21H23N3O6/c1-29-19-10-9-17(24(27)28)13-18(19)21(26)30-14-20(25)22-15-5-7-16(8-6-15)23-11-3-2-4-12-23/h5-10,13H,2-4,11-12,14H2,1H3,(H,22,25). The summed E-state index contributed by atoms with van der Waals surface area (Å²) in [4.78, 5) is 37.0. The van der Waals surface area contributed by atoms with E-state index in [-0.39, 0.29) is 17.0 Å². The molecule has 0 unspecified atom stereocenters. The molecule has 9 nitrogen and oxygen atoms in total. The maximum absolute atomic E-state index is 12.3. The van der Waals surface area contributed by atoms with Crippen molar-refractivity contribution in [1.29, 1.82) is 0 Å². The first kappa shape index (κ1) is 21.1. The number of amides is 1. The molecule has 1 N–H and O–H groups in total. The summed E-state index contributed by atoms with van der Waals surface area (Å²) >= 11 is 0. The van der Waals surface area contributed by atoms with Gasteiger partial charge in [0.15, 0.2) is 6.61 Å². The van der Waals surface area contributed by atoms with E-state index in [0.29, 0.717) is 5.69 Å². The first-order valence-electron chi connectivity index (χ1n) is 9.62. The summed E-state index contributed by atoms with van der Waals surface area (Å²) < 4.78 is 10.0. The highest BCUT2D eigenvalue weighted by Gasteiger charge is 2.20. The molecule has 0 saturated carbocycles. The van der Waals surface area contributed by atoms with Crippen LogP contribution >= 0.6 is 0 Å². The molecule has 3 rings (SSSR count). The number of carbonyl (C=O) groups is 2. The van der Waals surface area contributed by atoms with E-state index in [9.17, 15) is 19.7 Å². The average molecular weight is 413 g/mol. The number of esters is 1. The highest BCUT2D eigenvalue weighted by molar-refractivity contribution is 5.97. The van der Waals surface area contributed by atoms with Gasteiger partial charge in [0.25, 0.3) is 11.6 Å². The minimum absolute atomic E-state index is 0.120. The Labute approximate surface area is 173 Å². The lowest BCUT2D eigenvalue weighted by atomic mass is 10.1. The van der Waals surface area contributed by atoms with E-state index in [1.807, 2.05) is 12.1 Å². The van der Waals surface area contributed by atoms with Crippen LogP contribution in [0, 0.1) is 10.1 Å². The number of nitrogens with one attached hydrogen (secondary N) is 1. The van der Waals surface area contributed by atoms with E-state index in [1.54, 1.807) is 12.1 Å². The average Bonchev–Trinajstić information content (AvgIpc) is 2.78. The molecular formula is C21H23N3O6. The topological polar surface area (TPSA) is 111 Å². The number of hydrogen-bond acceptors (Lipinski definition) is 7. The lowest BCUT2D eigenvalue weighted by molar-refractivity contribution is -0.384. The number of nitrogens with zero attached hydrogens (tertiary/aromatic N) is 2.